The van der Waals surface area contributed by atoms with E-state index in [-0.39, 0.29) is 11.3 Å². The average molecular weight is 373 g/mol. The molecule has 2 rings (SSSR count). The molecular weight excluding hydrogens is 357 g/mol. The van der Waals surface area contributed by atoms with Crippen LogP contribution in [0.2, 0.25) is 5.02 Å². The molecule has 1 aliphatic rings. The Kier molecular flexibility index (Phi) is 5.93. The van der Waals surface area contributed by atoms with Crippen molar-refractivity contribution >= 4 is 23.2 Å². The largest absolute Gasteiger partial charge is 0.417 e. The summed E-state index contributed by atoms with van der Waals surface area (Å²) in [7, 11) is 1.93. The highest BCUT2D eigenvalue weighted by molar-refractivity contribution is 6.31. The van der Waals surface area contributed by atoms with Crippen molar-refractivity contribution in [3.63, 3.8) is 0 Å². The van der Waals surface area contributed by atoms with Gasteiger partial charge in [-0.05, 0) is 25.2 Å². The molecule has 1 heterocycles. The van der Waals surface area contributed by atoms with E-state index in [2.05, 4.69) is 10.2 Å². The van der Waals surface area contributed by atoms with Gasteiger partial charge in [-0.15, -0.1) is 0 Å². The molecule has 0 spiro atoms. The molecule has 0 radical (unpaired) electrons. The van der Waals surface area contributed by atoms with E-state index in [1.807, 2.05) is 7.05 Å². The summed E-state index contributed by atoms with van der Waals surface area (Å²) in [5, 5.41) is 11.3. The van der Waals surface area contributed by atoms with Crippen molar-refractivity contribution in [2.24, 2.45) is 0 Å². The molecule has 9 heteroatoms. The van der Waals surface area contributed by atoms with Crippen LogP contribution in [-0.4, -0.2) is 48.9 Å². The topological polar surface area (TPSA) is 59.4 Å². The van der Waals surface area contributed by atoms with Gasteiger partial charge < -0.3 is 15.1 Å². The molecule has 0 saturated carbocycles. The number of hydrogen-bond acceptors (Lipinski definition) is 4. The highest BCUT2D eigenvalue weighted by atomic mass is 35.5. The van der Waals surface area contributed by atoms with Gasteiger partial charge in [0.1, 0.15) is 11.6 Å². The summed E-state index contributed by atoms with van der Waals surface area (Å²) < 4.78 is 38.6. The van der Waals surface area contributed by atoms with Crippen LogP contribution in [0, 0.1) is 11.3 Å². The number of alkyl halides is 3. The van der Waals surface area contributed by atoms with Crippen LogP contribution < -0.4 is 5.32 Å². The Bertz CT molecular complexity index is 719. The first-order valence-electron chi connectivity index (χ1n) is 7.43. The first kappa shape index (κ1) is 19.1. The molecule has 134 valence electrons. The fourth-order valence-electron chi connectivity index (χ4n) is 2.31. The summed E-state index contributed by atoms with van der Waals surface area (Å²) in [5.74, 6) is -0.451. The Hall–Kier alpha value is -2.24. The quantitative estimate of drug-likeness (QED) is 0.654. The van der Waals surface area contributed by atoms with Crippen LogP contribution in [0.3, 0.4) is 0 Å². The number of amides is 1. The van der Waals surface area contributed by atoms with Crippen LogP contribution in [0.25, 0.3) is 0 Å². The second kappa shape index (κ2) is 7.76. The minimum absolute atomic E-state index is 0.0793. The summed E-state index contributed by atoms with van der Waals surface area (Å²) in [4.78, 5) is 15.9. The van der Waals surface area contributed by atoms with Gasteiger partial charge in [0.25, 0.3) is 5.91 Å². The molecule has 1 amide bonds. The lowest BCUT2D eigenvalue weighted by Crippen LogP contribution is -2.47. The molecule has 5 nitrogen and oxygen atoms in total. The summed E-state index contributed by atoms with van der Waals surface area (Å²) in [6.45, 7) is 2.38. The molecule has 1 N–H and O–H groups in total. The van der Waals surface area contributed by atoms with E-state index in [4.69, 9.17) is 16.9 Å². The number of carbonyl (C=O) groups is 1. The third kappa shape index (κ3) is 4.87. The molecule has 0 aromatic heterocycles. The molecule has 0 bridgehead atoms. The Balaban J connectivity index is 2.13. The predicted octanol–water partition coefficient (Wildman–Crippen LogP) is 2.95. The minimum atomic E-state index is -4.59. The number of likely N-dealkylation sites (N-methyl/N-ethyl adjacent to an activating group) is 1. The van der Waals surface area contributed by atoms with Gasteiger partial charge in [0.05, 0.1) is 10.6 Å². The Morgan fingerprint density at radius 2 is 1.96 bits per heavy atom. The zero-order valence-corrected chi connectivity index (χ0v) is 14.2. The normalized spacial score (nSPS) is 16.5. The fraction of sp³-hybridized carbons (Fsp3) is 0.375. The SMILES string of the molecule is CN1CCN(C(=O)/C(C#N)=C\Nc2ccc(Cl)c(C(F)(F)F)c2)CC1. The lowest BCUT2D eigenvalue weighted by molar-refractivity contribution is -0.137. The summed E-state index contributed by atoms with van der Waals surface area (Å²) in [6.07, 6.45) is -3.48. The first-order valence-corrected chi connectivity index (χ1v) is 7.81. The third-order valence-electron chi connectivity index (χ3n) is 3.80. The van der Waals surface area contributed by atoms with E-state index in [0.29, 0.717) is 26.2 Å². The maximum absolute atomic E-state index is 12.9. The van der Waals surface area contributed by atoms with E-state index in [1.54, 1.807) is 11.0 Å². The Morgan fingerprint density at radius 3 is 2.52 bits per heavy atom. The fourth-order valence-corrected chi connectivity index (χ4v) is 2.53. The van der Waals surface area contributed by atoms with Gasteiger partial charge in [-0.3, -0.25) is 4.79 Å². The Morgan fingerprint density at radius 1 is 1.32 bits per heavy atom. The van der Waals surface area contributed by atoms with Gasteiger partial charge in [-0.1, -0.05) is 11.6 Å². The smallest absolute Gasteiger partial charge is 0.360 e. The number of benzene rings is 1. The summed E-state index contributed by atoms with van der Waals surface area (Å²) >= 11 is 5.55. The molecule has 1 aliphatic heterocycles. The monoisotopic (exact) mass is 372 g/mol. The van der Waals surface area contributed by atoms with Gasteiger partial charge in [0.2, 0.25) is 0 Å². The molecule has 0 unspecified atom stereocenters. The van der Waals surface area contributed by atoms with Gasteiger partial charge in [-0.25, -0.2) is 0 Å². The maximum Gasteiger partial charge on any atom is 0.417 e. The lowest BCUT2D eigenvalue weighted by atomic mass is 10.2. The van der Waals surface area contributed by atoms with Crippen LogP contribution in [-0.2, 0) is 11.0 Å². The first-order chi connectivity index (χ1) is 11.7. The van der Waals surface area contributed by atoms with Crippen molar-refractivity contribution in [3.8, 4) is 6.07 Å². The molecular formula is C16H16ClF3N4O. The van der Waals surface area contributed by atoms with Crippen LogP contribution in [0.5, 0.6) is 0 Å². The van der Waals surface area contributed by atoms with E-state index in [0.717, 1.165) is 18.3 Å². The number of piperazine rings is 1. The van der Waals surface area contributed by atoms with Gasteiger partial charge in [0.15, 0.2) is 0 Å². The highest BCUT2D eigenvalue weighted by Gasteiger charge is 2.33. The van der Waals surface area contributed by atoms with Crippen LogP contribution in [0.15, 0.2) is 30.0 Å². The van der Waals surface area contributed by atoms with E-state index >= 15 is 0 Å². The summed E-state index contributed by atoms with van der Waals surface area (Å²) in [6, 6.07) is 5.05. The van der Waals surface area contributed by atoms with Crippen molar-refractivity contribution in [1.29, 1.82) is 5.26 Å². The van der Waals surface area contributed by atoms with Crippen molar-refractivity contribution in [3.05, 3.63) is 40.6 Å². The number of nitriles is 1. The standard InChI is InChI=1S/C16H16ClF3N4O/c1-23-4-6-24(7-5-23)15(25)11(9-21)10-22-12-2-3-14(17)13(8-12)16(18,19)20/h2-3,8,10,22H,4-7H2,1H3/b11-10-. The lowest BCUT2D eigenvalue weighted by Gasteiger charge is -2.32. The van der Waals surface area contributed by atoms with Crippen molar-refractivity contribution in [2.45, 2.75) is 6.18 Å². The Labute approximate surface area is 148 Å². The maximum atomic E-state index is 12.9. The number of nitrogens with zero attached hydrogens (tertiary/aromatic N) is 3. The van der Waals surface area contributed by atoms with Gasteiger partial charge in [0, 0.05) is 38.1 Å². The summed E-state index contributed by atoms with van der Waals surface area (Å²) in [5.41, 5.74) is -1.08. The van der Waals surface area contributed by atoms with Crippen molar-refractivity contribution in [1.82, 2.24) is 9.80 Å². The van der Waals surface area contributed by atoms with E-state index < -0.39 is 22.7 Å². The number of hydrogen-bond donors (Lipinski definition) is 1. The van der Waals surface area contributed by atoms with E-state index in [9.17, 15) is 18.0 Å². The highest BCUT2D eigenvalue weighted by Crippen LogP contribution is 2.36. The minimum Gasteiger partial charge on any atom is -0.360 e. The van der Waals surface area contributed by atoms with E-state index in [1.165, 1.54) is 6.07 Å². The van der Waals surface area contributed by atoms with Crippen LogP contribution in [0.1, 0.15) is 5.56 Å². The molecule has 1 aromatic carbocycles. The average Bonchev–Trinajstić information content (AvgIpc) is 2.56. The van der Waals surface area contributed by atoms with Gasteiger partial charge >= 0.3 is 6.18 Å². The van der Waals surface area contributed by atoms with Gasteiger partial charge in [-0.2, -0.15) is 18.4 Å². The number of halogens is 4. The molecule has 1 aromatic rings. The van der Waals surface area contributed by atoms with Crippen molar-refractivity contribution in [2.75, 3.05) is 38.5 Å². The number of rotatable bonds is 3. The van der Waals surface area contributed by atoms with Crippen LogP contribution >= 0.6 is 11.6 Å². The second-order valence-electron chi connectivity index (χ2n) is 5.60. The molecule has 1 saturated heterocycles. The predicted molar refractivity (Wildman–Crippen MR) is 87.8 cm³/mol. The molecule has 0 aliphatic carbocycles. The zero-order chi connectivity index (χ0) is 18.6. The number of carbonyl (C=O) groups excluding carboxylic acids is 1. The third-order valence-corrected chi connectivity index (χ3v) is 4.13. The zero-order valence-electron chi connectivity index (χ0n) is 13.4. The second-order valence-corrected chi connectivity index (χ2v) is 6.01. The number of anilines is 1. The van der Waals surface area contributed by atoms with Crippen molar-refractivity contribution < 1.29 is 18.0 Å². The van der Waals surface area contributed by atoms with Crippen LogP contribution in [0.4, 0.5) is 18.9 Å². The number of nitrogens with one attached hydrogen (secondary N) is 1. The molecule has 25 heavy (non-hydrogen) atoms. The molecule has 1 fully saturated rings. The molecule has 0 atom stereocenters.